The lowest BCUT2D eigenvalue weighted by Gasteiger charge is -2.25. The monoisotopic (exact) mass is 326 g/mol. The van der Waals surface area contributed by atoms with Crippen molar-refractivity contribution in [1.82, 2.24) is 9.88 Å². The number of carbonyl (C=O) groups excluding carboxylic acids is 1. The number of amides is 1. The van der Waals surface area contributed by atoms with Gasteiger partial charge in [0.15, 0.2) is 0 Å². The molecule has 1 amide bonds. The van der Waals surface area contributed by atoms with Crippen LogP contribution in [0.3, 0.4) is 0 Å². The van der Waals surface area contributed by atoms with E-state index in [1.54, 1.807) is 11.1 Å². The first kappa shape index (κ1) is 16.3. The Morgan fingerprint density at radius 1 is 1.25 bits per heavy atom. The van der Waals surface area contributed by atoms with E-state index in [9.17, 15) is 4.79 Å². The molecular formula is C19H22N2O3. The van der Waals surface area contributed by atoms with Crippen molar-refractivity contribution in [2.24, 2.45) is 0 Å². The molecule has 1 saturated heterocycles. The summed E-state index contributed by atoms with van der Waals surface area (Å²) in [5.41, 5.74) is 1.94. The molecule has 0 N–H and O–H groups in total. The molecule has 1 aliphatic heterocycles. The maximum atomic E-state index is 12.5. The largest absolute Gasteiger partial charge is 0.478 e. The van der Waals surface area contributed by atoms with Gasteiger partial charge < -0.3 is 14.4 Å². The summed E-state index contributed by atoms with van der Waals surface area (Å²) < 4.78 is 11.1. The van der Waals surface area contributed by atoms with Crippen LogP contribution in [0.25, 0.3) is 0 Å². The first-order valence-corrected chi connectivity index (χ1v) is 8.34. The van der Waals surface area contributed by atoms with Gasteiger partial charge in [-0.3, -0.25) is 0 Å². The highest BCUT2D eigenvalue weighted by molar-refractivity contribution is 5.69. The molecule has 5 heteroatoms. The molecule has 3 rings (SSSR count). The van der Waals surface area contributed by atoms with Crippen LogP contribution in [0.1, 0.15) is 36.9 Å². The molecule has 24 heavy (non-hydrogen) atoms. The van der Waals surface area contributed by atoms with Gasteiger partial charge in [0.1, 0.15) is 6.61 Å². The predicted octanol–water partition coefficient (Wildman–Crippen LogP) is 3.95. The van der Waals surface area contributed by atoms with Crippen molar-refractivity contribution in [3.05, 3.63) is 59.8 Å². The van der Waals surface area contributed by atoms with E-state index < -0.39 is 0 Å². The Morgan fingerprint density at radius 3 is 2.88 bits per heavy atom. The quantitative estimate of drug-likeness (QED) is 0.835. The minimum absolute atomic E-state index is 0.0384. The van der Waals surface area contributed by atoms with Gasteiger partial charge in [0.2, 0.25) is 5.88 Å². The van der Waals surface area contributed by atoms with E-state index in [0.29, 0.717) is 19.0 Å². The van der Waals surface area contributed by atoms with Crippen LogP contribution in [-0.4, -0.2) is 29.1 Å². The number of likely N-dealkylation sites (tertiary alicyclic amines) is 1. The Hall–Kier alpha value is -2.56. The van der Waals surface area contributed by atoms with Gasteiger partial charge in [-0.1, -0.05) is 36.4 Å². The highest BCUT2D eigenvalue weighted by atomic mass is 16.6. The van der Waals surface area contributed by atoms with E-state index in [-0.39, 0.29) is 18.7 Å². The number of nitrogens with zero attached hydrogens (tertiary/aromatic N) is 2. The van der Waals surface area contributed by atoms with Crippen molar-refractivity contribution in [2.45, 2.75) is 32.4 Å². The van der Waals surface area contributed by atoms with Crippen molar-refractivity contribution in [3.63, 3.8) is 0 Å². The number of hydrogen-bond donors (Lipinski definition) is 0. The fourth-order valence-corrected chi connectivity index (χ4v) is 3.02. The molecule has 1 aliphatic rings. The lowest BCUT2D eigenvalue weighted by molar-refractivity contribution is 0.0915. The zero-order valence-corrected chi connectivity index (χ0v) is 13.9. The maximum absolute atomic E-state index is 12.5. The number of benzene rings is 1. The van der Waals surface area contributed by atoms with Crippen LogP contribution in [0, 0.1) is 0 Å². The second-order valence-corrected chi connectivity index (χ2v) is 5.72. The summed E-state index contributed by atoms with van der Waals surface area (Å²) in [7, 11) is 0. The number of aromatic nitrogens is 1. The third-order valence-electron chi connectivity index (χ3n) is 4.13. The van der Waals surface area contributed by atoms with E-state index in [4.69, 9.17) is 9.47 Å². The van der Waals surface area contributed by atoms with E-state index in [1.165, 1.54) is 0 Å². The third-order valence-corrected chi connectivity index (χ3v) is 4.13. The fourth-order valence-electron chi connectivity index (χ4n) is 3.02. The van der Waals surface area contributed by atoms with Crippen LogP contribution in [0.2, 0.25) is 0 Å². The third kappa shape index (κ3) is 3.67. The Kier molecular flexibility index (Phi) is 5.31. The molecule has 1 aromatic carbocycles. The average molecular weight is 326 g/mol. The standard InChI is InChI=1S/C19H22N2O3/c1-2-23-18-16(10-6-12-20-18)17-11-7-13-21(17)19(22)24-14-15-8-4-3-5-9-15/h3-6,8-10,12,17H,2,7,11,13-14H2,1H3/t17-/m1/s1. The summed E-state index contributed by atoms with van der Waals surface area (Å²) in [6.07, 6.45) is 3.27. The lowest BCUT2D eigenvalue weighted by atomic mass is 10.1. The highest BCUT2D eigenvalue weighted by Gasteiger charge is 2.33. The van der Waals surface area contributed by atoms with Crippen molar-refractivity contribution in [3.8, 4) is 5.88 Å². The van der Waals surface area contributed by atoms with Crippen molar-refractivity contribution in [1.29, 1.82) is 0 Å². The highest BCUT2D eigenvalue weighted by Crippen LogP contribution is 2.36. The SMILES string of the molecule is CCOc1ncccc1[C@H]1CCCN1C(=O)OCc1ccccc1. The molecule has 126 valence electrons. The molecule has 2 heterocycles. The molecule has 1 atom stereocenters. The molecule has 0 unspecified atom stereocenters. The summed E-state index contributed by atoms with van der Waals surface area (Å²) in [6.45, 7) is 3.46. The second-order valence-electron chi connectivity index (χ2n) is 5.72. The van der Waals surface area contributed by atoms with Gasteiger partial charge in [0.25, 0.3) is 0 Å². The minimum atomic E-state index is -0.285. The van der Waals surface area contributed by atoms with E-state index in [0.717, 1.165) is 24.0 Å². The van der Waals surface area contributed by atoms with Crippen LogP contribution in [0.5, 0.6) is 5.88 Å². The molecule has 1 fully saturated rings. The smallest absolute Gasteiger partial charge is 0.410 e. The topological polar surface area (TPSA) is 51.7 Å². The van der Waals surface area contributed by atoms with Gasteiger partial charge in [-0.05, 0) is 31.4 Å². The first-order chi connectivity index (χ1) is 11.8. The summed E-state index contributed by atoms with van der Waals surface area (Å²) in [5, 5.41) is 0. The van der Waals surface area contributed by atoms with Crippen molar-refractivity contribution < 1.29 is 14.3 Å². The second kappa shape index (κ2) is 7.81. The minimum Gasteiger partial charge on any atom is -0.478 e. The predicted molar refractivity (Wildman–Crippen MR) is 90.7 cm³/mol. The Bertz CT molecular complexity index is 675. The Balaban J connectivity index is 1.70. The van der Waals surface area contributed by atoms with E-state index in [1.807, 2.05) is 49.4 Å². The summed E-state index contributed by atoms with van der Waals surface area (Å²) >= 11 is 0. The molecule has 0 saturated carbocycles. The molecule has 0 spiro atoms. The van der Waals surface area contributed by atoms with Gasteiger partial charge >= 0.3 is 6.09 Å². The van der Waals surface area contributed by atoms with Crippen LogP contribution in [0.4, 0.5) is 4.79 Å². The normalized spacial score (nSPS) is 16.9. The molecule has 0 bridgehead atoms. The zero-order chi connectivity index (χ0) is 16.8. The molecule has 5 nitrogen and oxygen atoms in total. The van der Waals surface area contributed by atoms with Crippen LogP contribution in [-0.2, 0) is 11.3 Å². The lowest BCUT2D eigenvalue weighted by Crippen LogP contribution is -2.31. The number of rotatable bonds is 5. The van der Waals surface area contributed by atoms with Gasteiger partial charge in [-0.25, -0.2) is 9.78 Å². The van der Waals surface area contributed by atoms with E-state index in [2.05, 4.69) is 4.98 Å². The summed E-state index contributed by atoms with van der Waals surface area (Å²) in [4.78, 5) is 18.6. The number of pyridine rings is 1. The summed E-state index contributed by atoms with van der Waals surface area (Å²) in [5.74, 6) is 0.604. The fraction of sp³-hybridized carbons (Fsp3) is 0.368. The number of ether oxygens (including phenoxy) is 2. The maximum Gasteiger partial charge on any atom is 0.410 e. The van der Waals surface area contributed by atoms with Crippen molar-refractivity contribution in [2.75, 3.05) is 13.2 Å². The Labute approximate surface area is 142 Å². The average Bonchev–Trinajstić information content (AvgIpc) is 3.11. The van der Waals surface area contributed by atoms with Crippen LogP contribution < -0.4 is 4.74 Å². The van der Waals surface area contributed by atoms with Gasteiger partial charge in [0.05, 0.1) is 12.6 Å². The Morgan fingerprint density at radius 2 is 2.08 bits per heavy atom. The molecular weight excluding hydrogens is 304 g/mol. The molecule has 0 aliphatic carbocycles. The first-order valence-electron chi connectivity index (χ1n) is 8.34. The van der Waals surface area contributed by atoms with E-state index >= 15 is 0 Å². The van der Waals surface area contributed by atoms with Gasteiger partial charge in [0, 0.05) is 18.3 Å². The molecule has 0 radical (unpaired) electrons. The van der Waals surface area contributed by atoms with Crippen LogP contribution >= 0.6 is 0 Å². The molecule has 1 aromatic heterocycles. The van der Waals surface area contributed by atoms with Crippen LogP contribution in [0.15, 0.2) is 48.7 Å². The number of hydrogen-bond acceptors (Lipinski definition) is 4. The van der Waals surface area contributed by atoms with Gasteiger partial charge in [-0.2, -0.15) is 0 Å². The summed E-state index contributed by atoms with van der Waals surface area (Å²) in [6, 6.07) is 13.5. The number of carbonyl (C=O) groups is 1. The zero-order valence-electron chi connectivity index (χ0n) is 13.9. The van der Waals surface area contributed by atoms with Crippen molar-refractivity contribution >= 4 is 6.09 Å². The molecule has 2 aromatic rings. The van der Waals surface area contributed by atoms with Gasteiger partial charge in [-0.15, -0.1) is 0 Å².